The topological polar surface area (TPSA) is 69.7 Å². The average molecular weight is 570 g/mol. The number of carbonyl (C=O) groups excluding carboxylic acids is 1. The predicted molar refractivity (Wildman–Crippen MR) is 172 cm³/mol. The van der Waals surface area contributed by atoms with Crippen molar-refractivity contribution in [1.29, 1.82) is 0 Å². The van der Waals surface area contributed by atoms with Crippen LogP contribution in [-0.2, 0) is 4.79 Å². The fourth-order valence-corrected chi connectivity index (χ4v) is 5.92. The minimum Gasteiger partial charge on any atom is -0.494 e. The number of thiocarbonyl (C=S) groups is 1. The molecule has 0 unspecified atom stereocenters. The summed E-state index contributed by atoms with van der Waals surface area (Å²) in [5.74, 6) is 0.483. The summed E-state index contributed by atoms with van der Waals surface area (Å²) in [6.07, 6.45) is 4.13. The molecule has 0 aliphatic carbocycles. The van der Waals surface area contributed by atoms with Gasteiger partial charge in [-0.05, 0) is 80.5 Å². The highest BCUT2D eigenvalue weighted by molar-refractivity contribution is 7.80. The van der Waals surface area contributed by atoms with Gasteiger partial charge < -0.3 is 25.2 Å². The third kappa shape index (κ3) is 5.28. The van der Waals surface area contributed by atoms with Gasteiger partial charge in [-0.3, -0.25) is 9.78 Å². The molecule has 2 aliphatic heterocycles. The number of fused-ring (bicyclic) bond motifs is 1. The van der Waals surface area contributed by atoms with Crippen LogP contribution >= 0.6 is 12.2 Å². The van der Waals surface area contributed by atoms with Gasteiger partial charge in [0.25, 0.3) is 0 Å². The molecule has 0 bridgehead atoms. The SMILES string of the molecule is COc1cc(N2C(=S)N[C@@H](c3ccccn3)[C@@H]2c2ccc3c(c2)C(C)=CC(C)(C)N3C)ccc1NC(=O)C(C)(C)C. The third-order valence-corrected chi connectivity index (χ3v) is 8.39. The number of likely N-dealkylation sites (N-methyl/N-ethyl adjacent to an activating group) is 1. The van der Waals surface area contributed by atoms with Crippen LogP contribution in [0.1, 0.15) is 70.4 Å². The maximum Gasteiger partial charge on any atom is 0.229 e. The minimum atomic E-state index is -0.534. The van der Waals surface area contributed by atoms with Gasteiger partial charge in [0.1, 0.15) is 5.75 Å². The van der Waals surface area contributed by atoms with Crippen LogP contribution in [0, 0.1) is 5.41 Å². The van der Waals surface area contributed by atoms with Crippen molar-refractivity contribution in [3.8, 4) is 5.75 Å². The van der Waals surface area contributed by atoms with Crippen molar-refractivity contribution in [2.45, 2.75) is 59.2 Å². The van der Waals surface area contributed by atoms with Crippen molar-refractivity contribution in [1.82, 2.24) is 10.3 Å². The van der Waals surface area contributed by atoms with Crippen LogP contribution in [0.5, 0.6) is 5.75 Å². The summed E-state index contributed by atoms with van der Waals surface area (Å²) in [7, 11) is 3.75. The van der Waals surface area contributed by atoms with Gasteiger partial charge in [0.2, 0.25) is 5.91 Å². The van der Waals surface area contributed by atoms with E-state index in [2.05, 4.69) is 72.5 Å². The van der Waals surface area contributed by atoms with Gasteiger partial charge in [0, 0.05) is 41.7 Å². The van der Waals surface area contributed by atoms with Crippen LogP contribution in [-0.4, -0.2) is 35.7 Å². The van der Waals surface area contributed by atoms with Gasteiger partial charge in [-0.15, -0.1) is 0 Å². The fourth-order valence-electron chi connectivity index (χ4n) is 5.58. The zero-order valence-electron chi connectivity index (χ0n) is 25.1. The molecule has 2 aliphatic rings. The first-order valence-corrected chi connectivity index (χ1v) is 14.3. The molecule has 0 radical (unpaired) electrons. The summed E-state index contributed by atoms with van der Waals surface area (Å²) in [5.41, 5.74) is 6.56. The molecule has 1 aromatic heterocycles. The summed E-state index contributed by atoms with van der Waals surface area (Å²) in [6.45, 7) is 12.3. The molecule has 2 aromatic carbocycles. The van der Waals surface area contributed by atoms with Crippen LogP contribution in [0.25, 0.3) is 5.57 Å². The van der Waals surface area contributed by atoms with Gasteiger partial charge in [0.05, 0.1) is 36.1 Å². The van der Waals surface area contributed by atoms with E-state index < -0.39 is 5.41 Å². The number of methoxy groups -OCH3 is 1. The van der Waals surface area contributed by atoms with E-state index in [9.17, 15) is 4.79 Å². The van der Waals surface area contributed by atoms with Gasteiger partial charge in [-0.25, -0.2) is 0 Å². The number of hydrogen-bond acceptors (Lipinski definition) is 5. The van der Waals surface area contributed by atoms with Crippen LogP contribution in [0.15, 0.2) is 66.9 Å². The summed E-state index contributed by atoms with van der Waals surface area (Å²) in [5, 5.41) is 7.15. The van der Waals surface area contributed by atoms with E-state index in [4.69, 9.17) is 21.9 Å². The quantitative estimate of drug-likeness (QED) is 0.325. The fraction of sp³-hybridized carbons (Fsp3) is 0.364. The number of carbonyl (C=O) groups is 1. The van der Waals surface area contributed by atoms with E-state index in [0.29, 0.717) is 16.5 Å². The van der Waals surface area contributed by atoms with E-state index >= 15 is 0 Å². The summed E-state index contributed by atoms with van der Waals surface area (Å²) >= 11 is 5.96. The largest absolute Gasteiger partial charge is 0.494 e. The highest BCUT2D eigenvalue weighted by Crippen LogP contribution is 2.46. The van der Waals surface area contributed by atoms with Crippen molar-refractivity contribution in [3.63, 3.8) is 0 Å². The number of nitrogens with zero attached hydrogens (tertiary/aromatic N) is 3. The molecule has 2 atom stereocenters. The number of hydrogen-bond donors (Lipinski definition) is 2. The standard InChI is InChI=1S/C33H39N5O2S/c1-20-19-33(5,6)37(7)26-15-12-21(17-23(20)26)29-28(25-11-9-10-16-34-25)36-31(41)38(29)22-13-14-24(27(18-22)40-8)35-30(39)32(2,3)4/h9-19,28-29H,1-8H3,(H,35,39)(H,36,41)/t28-,29-/m0/s1. The van der Waals surface area contributed by atoms with E-state index in [1.54, 1.807) is 7.11 Å². The molecule has 7 nitrogen and oxygen atoms in total. The molecular formula is C33H39N5O2S. The molecule has 41 heavy (non-hydrogen) atoms. The maximum absolute atomic E-state index is 12.7. The molecule has 5 rings (SSSR count). The van der Waals surface area contributed by atoms with Crippen LogP contribution in [0.3, 0.4) is 0 Å². The number of rotatable bonds is 5. The Morgan fingerprint density at radius 3 is 2.54 bits per heavy atom. The number of aromatic nitrogens is 1. The van der Waals surface area contributed by atoms with Crippen molar-refractivity contribution in [2.24, 2.45) is 5.41 Å². The van der Waals surface area contributed by atoms with Gasteiger partial charge in [-0.2, -0.15) is 0 Å². The lowest BCUT2D eigenvalue weighted by atomic mass is 9.86. The number of amides is 1. The Morgan fingerprint density at radius 2 is 1.88 bits per heavy atom. The molecule has 1 fully saturated rings. The molecule has 3 heterocycles. The lowest BCUT2D eigenvalue weighted by Gasteiger charge is -2.41. The Morgan fingerprint density at radius 1 is 1.12 bits per heavy atom. The molecule has 0 saturated carbocycles. The Labute approximate surface area is 248 Å². The number of allylic oxidation sites excluding steroid dienone is 1. The Hall–Kier alpha value is -3.91. The smallest absolute Gasteiger partial charge is 0.229 e. The summed E-state index contributed by atoms with van der Waals surface area (Å²) in [4.78, 5) is 21.9. The number of benzene rings is 2. The number of nitrogens with one attached hydrogen (secondary N) is 2. The lowest BCUT2D eigenvalue weighted by Crippen LogP contribution is -2.42. The number of anilines is 3. The highest BCUT2D eigenvalue weighted by Gasteiger charge is 2.41. The van der Waals surface area contributed by atoms with Crippen molar-refractivity contribution >= 4 is 45.9 Å². The van der Waals surface area contributed by atoms with E-state index in [1.165, 1.54) is 16.8 Å². The second kappa shape index (κ2) is 10.5. The molecule has 214 valence electrons. The van der Waals surface area contributed by atoms with Gasteiger partial charge in [-0.1, -0.05) is 39.0 Å². The van der Waals surface area contributed by atoms with Crippen LogP contribution in [0.4, 0.5) is 17.1 Å². The van der Waals surface area contributed by atoms with Crippen molar-refractivity contribution in [2.75, 3.05) is 29.3 Å². The average Bonchev–Trinajstić information content (AvgIpc) is 3.28. The van der Waals surface area contributed by atoms with Crippen molar-refractivity contribution < 1.29 is 9.53 Å². The van der Waals surface area contributed by atoms with Crippen LogP contribution < -0.4 is 25.2 Å². The Bertz CT molecular complexity index is 1530. The second-order valence-corrected chi connectivity index (χ2v) is 12.8. The van der Waals surface area contributed by atoms with E-state index in [0.717, 1.165) is 16.9 Å². The molecule has 0 spiro atoms. The first-order valence-electron chi connectivity index (χ1n) is 13.9. The number of pyridine rings is 1. The van der Waals surface area contributed by atoms with Crippen molar-refractivity contribution in [3.05, 3.63) is 83.7 Å². The highest BCUT2D eigenvalue weighted by atomic mass is 32.1. The Balaban J connectivity index is 1.61. The molecule has 1 saturated heterocycles. The zero-order valence-corrected chi connectivity index (χ0v) is 25.9. The van der Waals surface area contributed by atoms with Gasteiger partial charge >= 0.3 is 0 Å². The molecule has 8 heteroatoms. The monoisotopic (exact) mass is 569 g/mol. The summed E-state index contributed by atoms with van der Waals surface area (Å²) in [6, 6.07) is 18.1. The normalized spacial score (nSPS) is 19.8. The lowest BCUT2D eigenvalue weighted by molar-refractivity contribution is -0.123. The minimum absolute atomic E-state index is 0.0711. The first kappa shape index (κ1) is 28.6. The Kier molecular flexibility index (Phi) is 7.32. The van der Waals surface area contributed by atoms with E-state index in [1.807, 2.05) is 63.4 Å². The van der Waals surface area contributed by atoms with E-state index in [-0.39, 0.29) is 23.5 Å². The second-order valence-electron chi connectivity index (χ2n) is 12.4. The molecule has 1 amide bonds. The maximum atomic E-state index is 12.7. The molecular weight excluding hydrogens is 530 g/mol. The van der Waals surface area contributed by atoms with Crippen LogP contribution in [0.2, 0.25) is 0 Å². The predicted octanol–water partition coefficient (Wildman–Crippen LogP) is 6.88. The summed E-state index contributed by atoms with van der Waals surface area (Å²) < 4.78 is 5.74. The zero-order chi connectivity index (χ0) is 29.7. The first-order chi connectivity index (χ1) is 19.3. The molecule has 2 N–H and O–H groups in total. The number of ether oxygens (including phenoxy) is 1. The van der Waals surface area contributed by atoms with Gasteiger partial charge in [0.15, 0.2) is 5.11 Å². The molecule has 3 aromatic rings. The third-order valence-electron chi connectivity index (χ3n) is 8.07.